The molecule has 0 unspecified atom stereocenters. The van der Waals surface area contributed by atoms with Crippen molar-refractivity contribution in [3.05, 3.63) is 16.1 Å². The van der Waals surface area contributed by atoms with Gasteiger partial charge in [0.25, 0.3) is 5.91 Å². The lowest BCUT2D eigenvalue weighted by atomic mass is 10.3. The Morgan fingerprint density at radius 2 is 2.27 bits per heavy atom. The molecule has 0 spiro atoms. The van der Waals surface area contributed by atoms with Crippen molar-refractivity contribution in [2.75, 3.05) is 13.2 Å². The molecule has 0 aliphatic carbocycles. The molecular formula is C8H13N3O3S. The zero-order valence-corrected chi connectivity index (χ0v) is 8.83. The van der Waals surface area contributed by atoms with E-state index in [4.69, 9.17) is 15.9 Å². The Morgan fingerprint density at radius 3 is 2.73 bits per heavy atom. The Kier molecular flexibility index (Phi) is 4.63. The predicted octanol–water partition coefficient (Wildman–Crippen LogP) is -1.32. The molecule has 7 heteroatoms. The van der Waals surface area contributed by atoms with E-state index in [-0.39, 0.29) is 18.9 Å². The summed E-state index contributed by atoms with van der Waals surface area (Å²) >= 11 is 1.30. The van der Waals surface area contributed by atoms with E-state index in [2.05, 4.69) is 10.3 Å². The number of nitrogens with one attached hydrogen (secondary N) is 1. The van der Waals surface area contributed by atoms with E-state index in [1.54, 1.807) is 5.38 Å². The standard InChI is InChI=1S/C8H13N3O3S/c9-1-7-11-6(4-15-7)8(14)10-5(2-12)3-13/h4-5,12-13H,1-3,9H2,(H,10,14). The van der Waals surface area contributed by atoms with Crippen molar-refractivity contribution in [1.82, 2.24) is 10.3 Å². The highest BCUT2D eigenvalue weighted by molar-refractivity contribution is 7.09. The summed E-state index contributed by atoms with van der Waals surface area (Å²) in [5.41, 5.74) is 5.61. The first-order valence-electron chi connectivity index (χ1n) is 4.38. The Bertz CT molecular complexity index is 325. The van der Waals surface area contributed by atoms with Gasteiger partial charge in [0.1, 0.15) is 10.7 Å². The number of nitrogens with two attached hydrogens (primary N) is 1. The number of hydrogen-bond donors (Lipinski definition) is 4. The SMILES string of the molecule is NCc1nc(C(=O)NC(CO)CO)cs1. The van der Waals surface area contributed by atoms with E-state index in [9.17, 15) is 4.79 Å². The lowest BCUT2D eigenvalue weighted by Gasteiger charge is -2.11. The predicted molar refractivity (Wildman–Crippen MR) is 55.4 cm³/mol. The molecule has 6 nitrogen and oxygen atoms in total. The maximum atomic E-state index is 11.5. The van der Waals surface area contributed by atoms with Gasteiger partial charge in [0.05, 0.1) is 19.3 Å². The lowest BCUT2D eigenvalue weighted by Crippen LogP contribution is -2.40. The number of aliphatic hydroxyl groups is 2. The Labute approximate surface area is 90.8 Å². The fourth-order valence-corrected chi connectivity index (χ4v) is 1.57. The quantitative estimate of drug-likeness (QED) is 0.503. The van der Waals surface area contributed by atoms with Crippen molar-refractivity contribution in [2.45, 2.75) is 12.6 Å². The third kappa shape index (κ3) is 3.24. The van der Waals surface area contributed by atoms with Gasteiger partial charge in [-0.1, -0.05) is 0 Å². The normalized spacial score (nSPS) is 10.7. The first kappa shape index (κ1) is 12.1. The Balaban J connectivity index is 2.60. The van der Waals surface area contributed by atoms with Crippen LogP contribution >= 0.6 is 11.3 Å². The average Bonchev–Trinajstić information content (AvgIpc) is 2.74. The molecule has 1 aromatic heterocycles. The first-order chi connectivity index (χ1) is 7.21. The molecule has 0 aromatic carbocycles. The zero-order valence-electron chi connectivity index (χ0n) is 8.01. The molecule has 0 atom stereocenters. The first-order valence-corrected chi connectivity index (χ1v) is 5.26. The van der Waals surface area contributed by atoms with Crippen LogP contribution in [0.15, 0.2) is 5.38 Å². The molecule has 0 radical (unpaired) electrons. The maximum Gasteiger partial charge on any atom is 0.271 e. The van der Waals surface area contributed by atoms with Crippen LogP contribution in [0, 0.1) is 0 Å². The van der Waals surface area contributed by atoms with Gasteiger partial charge in [0.2, 0.25) is 0 Å². The van der Waals surface area contributed by atoms with E-state index >= 15 is 0 Å². The van der Waals surface area contributed by atoms with E-state index in [1.807, 2.05) is 0 Å². The molecule has 0 aliphatic rings. The van der Waals surface area contributed by atoms with E-state index in [1.165, 1.54) is 11.3 Å². The van der Waals surface area contributed by atoms with Gasteiger partial charge in [0, 0.05) is 11.9 Å². The molecule has 15 heavy (non-hydrogen) atoms. The van der Waals surface area contributed by atoms with Crippen LogP contribution in [-0.4, -0.2) is 40.4 Å². The summed E-state index contributed by atoms with van der Waals surface area (Å²) in [5, 5.41) is 22.2. The third-order valence-electron chi connectivity index (χ3n) is 1.73. The van der Waals surface area contributed by atoms with Gasteiger partial charge in [-0.2, -0.15) is 0 Å². The van der Waals surface area contributed by atoms with Crippen molar-refractivity contribution in [3.8, 4) is 0 Å². The molecule has 0 saturated heterocycles. The molecule has 84 valence electrons. The van der Waals surface area contributed by atoms with Gasteiger partial charge in [-0.05, 0) is 0 Å². The molecule has 1 aromatic rings. The number of thiazole rings is 1. The highest BCUT2D eigenvalue weighted by Crippen LogP contribution is 2.08. The molecule has 1 heterocycles. The minimum atomic E-state index is -0.652. The zero-order chi connectivity index (χ0) is 11.3. The summed E-state index contributed by atoms with van der Waals surface area (Å²) in [6, 6.07) is -0.652. The topological polar surface area (TPSA) is 108 Å². The Hall–Kier alpha value is -1.02. The lowest BCUT2D eigenvalue weighted by molar-refractivity contribution is 0.0875. The molecule has 0 aliphatic heterocycles. The smallest absolute Gasteiger partial charge is 0.271 e. The molecule has 5 N–H and O–H groups in total. The van der Waals surface area contributed by atoms with Crippen molar-refractivity contribution in [2.24, 2.45) is 5.73 Å². The summed E-state index contributed by atoms with van der Waals surface area (Å²) in [5.74, 6) is -0.418. The number of carbonyl (C=O) groups excluding carboxylic acids is 1. The minimum absolute atomic E-state index is 0.257. The summed E-state index contributed by atoms with van der Waals surface area (Å²) in [6.07, 6.45) is 0. The van der Waals surface area contributed by atoms with Gasteiger partial charge < -0.3 is 21.3 Å². The van der Waals surface area contributed by atoms with Gasteiger partial charge in [-0.15, -0.1) is 11.3 Å². The number of amides is 1. The number of rotatable bonds is 5. The Morgan fingerprint density at radius 1 is 1.60 bits per heavy atom. The molecule has 0 saturated carbocycles. The van der Waals surface area contributed by atoms with Gasteiger partial charge in [-0.25, -0.2) is 4.98 Å². The number of aliphatic hydroxyl groups excluding tert-OH is 2. The maximum absolute atomic E-state index is 11.5. The van der Waals surface area contributed by atoms with Crippen molar-refractivity contribution < 1.29 is 15.0 Å². The van der Waals surface area contributed by atoms with E-state index < -0.39 is 11.9 Å². The van der Waals surface area contributed by atoms with E-state index in [0.717, 1.165) is 0 Å². The van der Waals surface area contributed by atoms with Crippen LogP contribution in [0.5, 0.6) is 0 Å². The fraction of sp³-hybridized carbons (Fsp3) is 0.500. The van der Waals surface area contributed by atoms with Crippen molar-refractivity contribution in [3.63, 3.8) is 0 Å². The number of aromatic nitrogens is 1. The molecular weight excluding hydrogens is 218 g/mol. The largest absolute Gasteiger partial charge is 0.394 e. The van der Waals surface area contributed by atoms with Crippen molar-refractivity contribution >= 4 is 17.2 Å². The van der Waals surface area contributed by atoms with Crippen LogP contribution in [-0.2, 0) is 6.54 Å². The second-order valence-electron chi connectivity index (χ2n) is 2.87. The molecule has 0 fully saturated rings. The summed E-state index contributed by atoms with van der Waals surface area (Å²) < 4.78 is 0. The van der Waals surface area contributed by atoms with Crippen LogP contribution < -0.4 is 11.1 Å². The number of hydrogen-bond acceptors (Lipinski definition) is 6. The molecule has 1 rings (SSSR count). The van der Waals surface area contributed by atoms with E-state index in [0.29, 0.717) is 11.6 Å². The summed E-state index contributed by atoms with van der Waals surface area (Å²) in [7, 11) is 0. The van der Waals surface area contributed by atoms with Crippen LogP contribution in [0.25, 0.3) is 0 Å². The highest BCUT2D eigenvalue weighted by atomic mass is 32.1. The number of carbonyl (C=O) groups is 1. The second-order valence-corrected chi connectivity index (χ2v) is 3.81. The number of nitrogens with zero attached hydrogens (tertiary/aromatic N) is 1. The third-order valence-corrected chi connectivity index (χ3v) is 2.61. The van der Waals surface area contributed by atoms with Crippen LogP contribution in [0.3, 0.4) is 0 Å². The average molecular weight is 231 g/mol. The molecule has 0 bridgehead atoms. The van der Waals surface area contributed by atoms with Gasteiger partial charge in [-0.3, -0.25) is 4.79 Å². The molecule has 1 amide bonds. The van der Waals surface area contributed by atoms with Crippen LogP contribution in [0.2, 0.25) is 0 Å². The second kappa shape index (κ2) is 5.76. The fourth-order valence-electron chi connectivity index (χ4n) is 0.917. The monoisotopic (exact) mass is 231 g/mol. The van der Waals surface area contributed by atoms with Crippen LogP contribution in [0.1, 0.15) is 15.5 Å². The minimum Gasteiger partial charge on any atom is -0.394 e. The van der Waals surface area contributed by atoms with Crippen molar-refractivity contribution in [1.29, 1.82) is 0 Å². The van der Waals surface area contributed by atoms with Gasteiger partial charge >= 0.3 is 0 Å². The highest BCUT2D eigenvalue weighted by Gasteiger charge is 2.14. The van der Waals surface area contributed by atoms with Crippen LogP contribution in [0.4, 0.5) is 0 Å². The van der Waals surface area contributed by atoms with Gasteiger partial charge in [0.15, 0.2) is 0 Å². The summed E-state index contributed by atoms with van der Waals surface area (Å²) in [4.78, 5) is 15.4. The summed E-state index contributed by atoms with van der Waals surface area (Å²) in [6.45, 7) is -0.326.